The topological polar surface area (TPSA) is 58.4 Å². The Morgan fingerprint density at radius 2 is 2.06 bits per heavy atom. The monoisotopic (exact) mass is 243 g/mol. The quantitative estimate of drug-likeness (QED) is 0.643. The maximum absolute atomic E-state index is 11.4. The van der Waals surface area contributed by atoms with Crippen LogP contribution in [0.4, 0.5) is 0 Å². The zero-order valence-electron chi connectivity index (χ0n) is 12.0. The van der Waals surface area contributed by atoms with Gasteiger partial charge in [0.1, 0.15) is 0 Å². The molecule has 1 amide bonds. The van der Waals surface area contributed by atoms with Crippen LogP contribution >= 0.6 is 0 Å². The molecule has 0 fully saturated rings. The minimum Gasteiger partial charge on any atom is -0.368 e. The third-order valence-electron chi connectivity index (χ3n) is 3.64. The number of carbonyl (C=O) groups is 1. The van der Waals surface area contributed by atoms with Crippen molar-refractivity contribution in [2.75, 3.05) is 20.1 Å². The molecule has 0 aromatic heterocycles. The maximum Gasteiger partial charge on any atom is 0.237 e. The average molecular weight is 243 g/mol. The highest BCUT2D eigenvalue weighted by molar-refractivity contribution is 5.84. The standard InChI is InChI=1S/C13H29N3O/c1-6-11(3)16(5)10-8-9-13(4,12(14)17)15-7-2/h11,15H,6-10H2,1-5H3,(H2,14,17). The van der Waals surface area contributed by atoms with Gasteiger partial charge in [0.15, 0.2) is 0 Å². The summed E-state index contributed by atoms with van der Waals surface area (Å²) in [7, 11) is 2.13. The Labute approximate surface area is 106 Å². The molecule has 0 aromatic rings. The van der Waals surface area contributed by atoms with E-state index in [1.807, 2.05) is 13.8 Å². The lowest BCUT2D eigenvalue weighted by Crippen LogP contribution is -2.53. The molecule has 2 atom stereocenters. The molecule has 0 aliphatic heterocycles. The average Bonchev–Trinajstić information content (AvgIpc) is 2.27. The summed E-state index contributed by atoms with van der Waals surface area (Å²) in [6, 6.07) is 0.592. The van der Waals surface area contributed by atoms with Crippen LogP contribution in [0, 0.1) is 0 Å². The lowest BCUT2D eigenvalue weighted by atomic mass is 9.94. The number of hydrogen-bond acceptors (Lipinski definition) is 3. The van der Waals surface area contributed by atoms with Crippen LogP contribution < -0.4 is 11.1 Å². The number of likely N-dealkylation sites (N-methyl/N-ethyl adjacent to an activating group) is 1. The summed E-state index contributed by atoms with van der Waals surface area (Å²) < 4.78 is 0. The third kappa shape index (κ3) is 5.50. The Kier molecular flexibility index (Phi) is 7.39. The predicted octanol–water partition coefficient (Wildman–Crippen LogP) is 1.35. The van der Waals surface area contributed by atoms with Gasteiger partial charge < -0.3 is 16.0 Å². The van der Waals surface area contributed by atoms with Crippen molar-refractivity contribution in [1.82, 2.24) is 10.2 Å². The molecule has 4 heteroatoms. The number of primary amides is 1. The SMILES string of the molecule is CCNC(C)(CCCN(C)C(C)CC)C(N)=O. The second-order valence-electron chi connectivity index (χ2n) is 5.07. The van der Waals surface area contributed by atoms with Crippen LogP contribution in [-0.4, -0.2) is 42.5 Å². The smallest absolute Gasteiger partial charge is 0.237 e. The number of nitrogens with zero attached hydrogens (tertiary/aromatic N) is 1. The molecule has 0 aliphatic rings. The molecule has 0 saturated carbocycles. The molecule has 4 nitrogen and oxygen atoms in total. The van der Waals surface area contributed by atoms with Crippen LogP contribution in [0.2, 0.25) is 0 Å². The second-order valence-corrected chi connectivity index (χ2v) is 5.07. The summed E-state index contributed by atoms with van der Waals surface area (Å²) in [6.07, 6.45) is 2.92. The summed E-state index contributed by atoms with van der Waals surface area (Å²) in [6.45, 7) is 10.1. The summed E-state index contributed by atoms with van der Waals surface area (Å²) >= 11 is 0. The van der Waals surface area contributed by atoms with Crippen molar-refractivity contribution in [3.63, 3.8) is 0 Å². The van der Waals surface area contributed by atoms with E-state index in [4.69, 9.17) is 5.73 Å². The minimum atomic E-state index is -0.564. The molecule has 0 aliphatic carbocycles. The van der Waals surface area contributed by atoms with E-state index in [-0.39, 0.29) is 5.91 Å². The van der Waals surface area contributed by atoms with Crippen molar-refractivity contribution in [2.45, 2.75) is 58.5 Å². The fourth-order valence-electron chi connectivity index (χ4n) is 1.90. The molecule has 3 N–H and O–H groups in total. The molecule has 102 valence electrons. The minimum absolute atomic E-state index is 0.259. The molecule has 0 heterocycles. The van der Waals surface area contributed by atoms with E-state index in [1.165, 1.54) is 0 Å². The van der Waals surface area contributed by atoms with E-state index in [1.54, 1.807) is 0 Å². The zero-order valence-corrected chi connectivity index (χ0v) is 12.0. The molecule has 0 bridgehead atoms. The first-order valence-electron chi connectivity index (χ1n) is 6.62. The highest BCUT2D eigenvalue weighted by Gasteiger charge is 2.29. The van der Waals surface area contributed by atoms with Gasteiger partial charge in [0.25, 0.3) is 0 Å². The number of hydrogen-bond donors (Lipinski definition) is 2. The van der Waals surface area contributed by atoms with Crippen molar-refractivity contribution in [1.29, 1.82) is 0 Å². The van der Waals surface area contributed by atoms with Gasteiger partial charge >= 0.3 is 0 Å². The summed E-state index contributed by atoms with van der Waals surface area (Å²) in [4.78, 5) is 13.7. The van der Waals surface area contributed by atoms with E-state index in [9.17, 15) is 4.79 Å². The molecule has 0 saturated heterocycles. The highest BCUT2D eigenvalue weighted by Crippen LogP contribution is 2.13. The predicted molar refractivity (Wildman–Crippen MR) is 72.9 cm³/mol. The molecular weight excluding hydrogens is 214 g/mol. The van der Waals surface area contributed by atoms with Crippen LogP contribution in [0.3, 0.4) is 0 Å². The van der Waals surface area contributed by atoms with Crippen molar-refractivity contribution >= 4 is 5.91 Å². The van der Waals surface area contributed by atoms with E-state index < -0.39 is 5.54 Å². The Bertz CT molecular complexity index is 233. The third-order valence-corrected chi connectivity index (χ3v) is 3.64. The first-order chi connectivity index (χ1) is 7.87. The van der Waals surface area contributed by atoms with Crippen LogP contribution in [0.25, 0.3) is 0 Å². The molecule has 0 rings (SSSR count). The number of rotatable bonds is 9. The highest BCUT2D eigenvalue weighted by atomic mass is 16.1. The Morgan fingerprint density at radius 1 is 1.47 bits per heavy atom. The van der Waals surface area contributed by atoms with Crippen molar-refractivity contribution in [3.8, 4) is 0 Å². The Hall–Kier alpha value is -0.610. The van der Waals surface area contributed by atoms with Gasteiger partial charge in [0.05, 0.1) is 5.54 Å². The molecule has 17 heavy (non-hydrogen) atoms. The fourth-order valence-corrected chi connectivity index (χ4v) is 1.90. The molecular formula is C13H29N3O. The van der Waals surface area contributed by atoms with Crippen LogP contribution in [0.5, 0.6) is 0 Å². The summed E-state index contributed by atoms with van der Waals surface area (Å²) in [5.41, 5.74) is 4.88. The van der Waals surface area contributed by atoms with Gasteiger partial charge in [-0.2, -0.15) is 0 Å². The normalized spacial score (nSPS) is 16.8. The van der Waals surface area contributed by atoms with Crippen LogP contribution in [-0.2, 0) is 4.79 Å². The van der Waals surface area contributed by atoms with E-state index in [0.717, 1.165) is 32.4 Å². The fraction of sp³-hybridized carbons (Fsp3) is 0.923. The second kappa shape index (κ2) is 7.67. The molecule has 2 unspecified atom stereocenters. The van der Waals surface area contributed by atoms with Gasteiger partial charge in [-0.25, -0.2) is 0 Å². The van der Waals surface area contributed by atoms with E-state index >= 15 is 0 Å². The van der Waals surface area contributed by atoms with Crippen molar-refractivity contribution in [3.05, 3.63) is 0 Å². The zero-order chi connectivity index (χ0) is 13.5. The molecule has 0 radical (unpaired) electrons. The largest absolute Gasteiger partial charge is 0.368 e. The first kappa shape index (κ1) is 16.4. The van der Waals surface area contributed by atoms with Crippen LogP contribution in [0.1, 0.15) is 47.0 Å². The van der Waals surface area contributed by atoms with Gasteiger partial charge in [-0.1, -0.05) is 13.8 Å². The Balaban J connectivity index is 4.11. The van der Waals surface area contributed by atoms with Crippen molar-refractivity contribution < 1.29 is 4.79 Å². The van der Waals surface area contributed by atoms with Gasteiger partial charge in [-0.3, -0.25) is 4.79 Å². The number of amides is 1. The number of nitrogens with one attached hydrogen (secondary N) is 1. The molecule has 0 aromatic carbocycles. The summed E-state index contributed by atoms with van der Waals surface area (Å²) in [5.74, 6) is -0.259. The maximum atomic E-state index is 11.4. The van der Waals surface area contributed by atoms with E-state index in [2.05, 4.69) is 31.1 Å². The van der Waals surface area contributed by atoms with Gasteiger partial charge in [-0.15, -0.1) is 0 Å². The summed E-state index contributed by atoms with van der Waals surface area (Å²) in [5, 5.41) is 3.18. The Morgan fingerprint density at radius 3 is 2.47 bits per heavy atom. The lowest BCUT2D eigenvalue weighted by molar-refractivity contribution is -0.124. The van der Waals surface area contributed by atoms with Gasteiger partial charge in [0, 0.05) is 6.04 Å². The lowest BCUT2D eigenvalue weighted by Gasteiger charge is -2.29. The van der Waals surface area contributed by atoms with E-state index in [0.29, 0.717) is 6.04 Å². The molecule has 0 spiro atoms. The van der Waals surface area contributed by atoms with Gasteiger partial charge in [0.2, 0.25) is 5.91 Å². The first-order valence-corrected chi connectivity index (χ1v) is 6.62. The number of nitrogens with two attached hydrogens (primary N) is 1. The number of carbonyl (C=O) groups excluding carboxylic acids is 1. The van der Waals surface area contributed by atoms with Gasteiger partial charge in [-0.05, 0) is 53.2 Å². The van der Waals surface area contributed by atoms with Crippen LogP contribution in [0.15, 0.2) is 0 Å². The van der Waals surface area contributed by atoms with Crippen molar-refractivity contribution in [2.24, 2.45) is 5.73 Å².